The van der Waals surface area contributed by atoms with E-state index in [-0.39, 0.29) is 11.7 Å². The number of fused-ring (bicyclic) bond motifs is 1. The molecule has 0 saturated heterocycles. The number of halogens is 2. The Bertz CT molecular complexity index is 1520. The fourth-order valence-corrected chi connectivity index (χ4v) is 4.17. The topological polar surface area (TPSA) is 68.3 Å². The Kier molecular flexibility index (Phi) is 6.37. The summed E-state index contributed by atoms with van der Waals surface area (Å²) >= 11 is 12.3. The van der Waals surface area contributed by atoms with Crippen LogP contribution in [0.15, 0.2) is 81.6 Å². The number of furan rings is 1. The lowest BCUT2D eigenvalue weighted by atomic mass is 9.98. The smallest absolute Gasteiger partial charge is 0.291 e. The molecule has 0 aliphatic heterocycles. The monoisotopic (exact) mass is 504 g/mol. The Balaban J connectivity index is 1.31. The molecule has 0 saturated carbocycles. The van der Waals surface area contributed by atoms with Gasteiger partial charge in [0.05, 0.1) is 5.02 Å². The molecule has 0 aliphatic carbocycles. The number of hydrogen-bond donors (Lipinski definition) is 1. The molecular formula is C28H22Cl2N2O3. The number of rotatable bonds is 6. The molecule has 2 aromatic heterocycles. The van der Waals surface area contributed by atoms with Crippen LogP contribution in [0.2, 0.25) is 10.0 Å². The molecule has 1 N–H and O–H groups in total. The van der Waals surface area contributed by atoms with Gasteiger partial charge in [0.15, 0.2) is 11.3 Å². The van der Waals surface area contributed by atoms with E-state index < -0.39 is 0 Å². The van der Waals surface area contributed by atoms with Crippen LogP contribution in [0.5, 0.6) is 0 Å². The summed E-state index contributed by atoms with van der Waals surface area (Å²) in [5.41, 5.74) is 4.89. The van der Waals surface area contributed by atoms with Gasteiger partial charge in [-0.3, -0.25) is 4.79 Å². The van der Waals surface area contributed by atoms with Crippen molar-refractivity contribution in [2.75, 3.05) is 5.32 Å². The van der Waals surface area contributed by atoms with Crippen molar-refractivity contribution in [1.29, 1.82) is 0 Å². The molecule has 1 atom stereocenters. The van der Waals surface area contributed by atoms with Crippen LogP contribution in [0.3, 0.4) is 0 Å². The van der Waals surface area contributed by atoms with Crippen LogP contribution in [0.25, 0.3) is 33.9 Å². The van der Waals surface area contributed by atoms with Crippen LogP contribution in [0, 0.1) is 0 Å². The summed E-state index contributed by atoms with van der Waals surface area (Å²) in [6.45, 7) is 4.37. The Morgan fingerprint density at radius 3 is 2.54 bits per heavy atom. The minimum absolute atomic E-state index is 0.163. The Morgan fingerprint density at radius 2 is 1.77 bits per heavy atom. The molecule has 5 rings (SSSR count). The van der Waals surface area contributed by atoms with E-state index in [2.05, 4.69) is 36.3 Å². The second-order valence-electron chi connectivity index (χ2n) is 8.38. The number of hydrogen-bond acceptors (Lipinski definition) is 4. The van der Waals surface area contributed by atoms with E-state index in [0.717, 1.165) is 23.1 Å². The van der Waals surface area contributed by atoms with E-state index >= 15 is 0 Å². The summed E-state index contributed by atoms with van der Waals surface area (Å²) in [4.78, 5) is 17.4. The summed E-state index contributed by atoms with van der Waals surface area (Å²) in [6.07, 6.45) is 1.07. The van der Waals surface area contributed by atoms with Crippen LogP contribution in [-0.2, 0) is 0 Å². The highest BCUT2D eigenvalue weighted by Gasteiger charge is 2.16. The van der Waals surface area contributed by atoms with Crippen molar-refractivity contribution in [3.63, 3.8) is 0 Å². The third kappa shape index (κ3) is 4.83. The van der Waals surface area contributed by atoms with Crippen LogP contribution < -0.4 is 5.32 Å². The number of benzene rings is 3. The SMILES string of the molecule is CC[C@@H](C)c1ccc2oc(-c3ccc(NC(=O)c4ccc(-c5cc(Cl)ccc5Cl)o4)cc3)nc2c1. The fraction of sp³-hybridized carbons (Fsp3) is 0.143. The van der Waals surface area contributed by atoms with Gasteiger partial charge in [0.2, 0.25) is 5.89 Å². The molecule has 0 fully saturated rings. The molecule has 0 radical (unpaired) electrons. The number of anilines is 1. The summed E-state index contributed by atoms with van der Waals surface area (Å²) < 4.78 is 11.7. The van der Waals surface area contributed by atoms with Crippen molar-refractivity contribution < 1.29 is 13.6 Å². The van der Waals surface area contributed by atoms with E-state index in [0.29, 0.717) is 38.9 Å². The zero-order valence-electron chi connectivity index (χ0n) is 19.1. The van der Waals surface area contributed by atoms with Crippen LogP contribution >= 0.6 is 23.2 Å². The van der Waals surface area contributed by atoms with Crippen molar-refractivity contribution >= 4 is 45.9 Å². The second kappa shape index (κ2) is 9.61. The van der Waals surface area contributed by atoms with Crippen LogP contribution in [0.4, 0.5) is 5.69 Å². The van der Waals surface area contributed by atoms with E-state index in [9.17, 15) is 4.79 Å². The predicted octanol–water partition coefficient (Wildman–Crippen LogP) is 8.83. The average molecular weight is 505 g/mol. The normalized spacial score (nSPS) is 12.1. The van der Waals surface area contributed by atoms with Crippen molar-refractivity contribution in [3.8, 4) is 22.8 Å². The first-order chi connectivity index (χ1) is 16.9. The minimum Gasteiger partial charge on any atom is -0.451 e. The van der Waals surface area contributed by atoms with Crippen molar-refractivity contribution in [2.24, 2.45) is 0 Å². The fourth-order valence-electron chi connectivity index (χ4n) is 3.79. The first kappa shape index (κ1) is 23.2. The number of aromatic nitrogens is 1. The van der Waals surface area contributed by atoms with Crippen molar-refractivity contribution in [3.05, 3.63) is 94.2 Å². The van der Waals surface area contributed by atoms with Gasteiger partial charge in [-0.05, 0) is 84.6 Å². The number of oxazole rings is 1. The number of carbonyl (C=O) groups excluding carboxylic acids is 1. The van der Waals surface area contributed by atoms with Gasteiger partial charge in [0.25, 0.3) is 5.91 Å². The zero-order valence-corrected chi connectivity index (χ0v) is 20.7. The average Bonchev–Trinajstić information content (AvgIpc) is 3.52. The Hall–Kier alpha value is -3.54. The largest absolute Gasteiger partial charge is 0.451 e. The number of nitrogens with one attached hydrogen (secondary N) is 1. The molecule has 0 aliphatic rings. The molecular weight excluding hydrogens is 483 g/mol. The lowest BCUT2D eigenvalue weighted by Gasteiger charge is -2.07. The second-order valence-corrected chi connectivity index (χ2v) is 9.22. The van der Waals surface area contributed by atoms with Gasteiger partial charge in [-0.1, -0.05) is 43.1 Å². The third-order valence-electron chi connectivity index (χ3n) is 6.01. The van der Waals surface area contributed by atoms with Gasteiger partial charge >= 0.3 is 0 Å². The van der Waals surface area contributed by atoms with Crippen molar-refractivity contribution in [1.82, 2.24) is 4.98 Å². The molecule has 0 unspecified atom stereocenters. The lowest BCUT2D eigenvalue weighted by molar-refractivity contribution is 0.0997. The van der Waals surface area contributed by atoms with Gasteiger partial charge in [-0.25, -0.2) is 4.98 Å². The van der Waals surface area contributed by atoms with E-state index in [1.807, 2.05) is 18.2 Å². The molecule has 1 amide bonds. The maximum Gasteiger partial charge on any atom is 0.291 e. The predicted molar refractivity (Wildman–Crippen MR) is 140 cm³/mol. The first-order valence-electron chi connectivity index (χ1n) is 11.3. The number of amides is 1. The summed E-state index contributed by atoms with van der Waals surface area (Å²) in [5, 5.41) is 3.85. The summed E-state index contributed by atoms with van der Waals surface area (Å²) in [7, 11) is 0. The van der Waals surface area contributed by atoms with Crippen molar-refractivity contribution in [2.45, 2.75) is 26.2 Å². The van der Waals surface area contributed by atoms with Gasteiger partial charge < -0.3 is 14.2 Å². The molecule has 35 heavy (non-hydrogen) atoms. The molecule has 0 bridgehead atoms. The van der Waals surface area contributed by atoms with E-state index in [1.165, 1.54) is 5.56 Å². The summed E-state index contributed by atoms with van der Waals surface area (Å²) in [5.74, 6) is 1.26. The lowest BCUT2D eigenvalue weighted by Crippen LogP contribution is -2.10. The highest BCUT2D eigenvalue weighted by Crippen LogP contribution is 2.32. The highest BCUT2D eigenvalue weighted by atomic mass is 35.5. The van der Waals surface area contributed by atoms with Crippen LogP contribution in [0.1, 0.15) is 42.3 Å². The third-order valence-corrected chi connectivity index (χ3v) is 6.57. The quantitative estimate of drug-likeness (QED) is 0.250. The van der Waals surface area contributed by atoms with Gasteiger partial charge in [0, 0.05) is 21.8 Å². The summed E-state index contributed by atoms with van der Waals surface area (Å²) in [6, 6.07) is 21.8. The molecule has 0 spiro atoms. The van der Waals surface area contributed by atoms with Crippen LogP contribution in [-0.4, -0.2) is 10.9 Å². The molecule has 7 heteroatoms. The molecule has 5 nitrogen and oxygen atoms in total. The van der Waals surface area contributed by atoms with Gasteiger partial charge in [-0.15, -0.1) is 0 Å². The standard InChI is InChI=1S/C28H22Cl2N2O3/c1-3-16(2)18-6-11-25-23(14-18)32-28(35-25)17-4-8-20(9-5-17)31-27(33)26-13-12-24(34-26)21-15-19(29)7-10-22(21)30/h4-16H,3H2,1-2H3,(H,31,33)/t16-/m1/s1. The number of nitrogens with zero attached hydrogens (tertiary/aromatic N) is 1. The Labute approximate surface area is 212 Å². The first-order valence-corrected chi connectivity index (χ1v) is 12.0. The number of carbonyl (C=O) groups is 1. The minimum atomic E-state index is -0.374. The van der Waals surface area contributed by atoms with E-state index in [1.54, 1.807) is 42.5 Å². The Morgan fingerprint density at radius 1 is 0.971 bits per heavy atom. The molecule has 176 valence electrons. The zero-order chi connectivity index (χ0) is 24.5. The van der Waals surface area contributed by atoms with Gasteiger partial charge in [-0.2, -0.15) is 0 Å². The maximum absolute atomic E-state index is 12.7. The highest BCUT2D eigenvalue weighted by molar-refractivity contribution is 6.35. The molecule has 2 heterocycles. The molecule has 5 aromatic rings. The van der Waals surface area contributed by atoms with Gasteiger partial charge in [0.1, 0.15) is 11.3 Å². The molecule has 3 aromatic carbocycles. The van der Waals surface area contributed by atoms with E-state index in [4.69, 9.17) is 32.0 Å². The maximum atomic E-state index is 12.7.